The predicted molar refractivity (Wildman–Crippen MR) is 35.3 cm³/mol. The van der Waals surface area contributed by atoms with Crippen molar-refractivity contribution in [2.45, 2.75) is 0 Å². The van der Waals surface area contributed by atoms with Gasteiger partial charge in [0.1, 0.15) is 0 Å². The summed E-state index contributed by atoms with van der Waals surface area (Å²) in [5, 5.41) is 0. The van der Waals surface area contributed by atoms with Crippen molar-refractivity contribution in [2.75, 3.05) is 0 Å². The Bertz CT molecular complexity index is 53.3. The molecule has 0 saturated carbocycles. The maximum atomic E-state index is 8.57. The van der Waals surface area contributed by atoms with Gasteiger partial charge in [0, 0.05) is 0 Å². The van der Waals surface area contributed by atoms with E-state index in [9.17, 15) is 0 Å². The van der Waals surface area contributed by atoms with Gasteiger partial charge < -0.3 is 24.5 Å². The molecule has 0 aromatic rings. The maximum absolute atomic E-state index is 8.57. The molecule has 0 aliphatic heterocycles. The van der Waals surface area contributed by atoms with Crippen molar-refractivity contribution in [3.05, 3.63) is 0 Å². The minimum atomic E-state index is -2.48. The van der Waals surface area contributed by atoms with Crippen molar-refractivity contribution in [1.29, 1.82) is 0 Å². The summed E-state index contributed by atoms with van der Waals surface area (Å²) in [5.41, 5.74) is 0. The second kappa shape index (κ2) is 8.89. The topological polar surface area (TPSA) is 118 Å². The largest absolute Gasteiger partial charge is 0.348 e. The van der Waals surface area contributed by atoms with Gasteiger partial charge in [-0.3, -0.25) is 4.57 Å². The van der Waals surface area contributed by atoms with Crippen molar-refractivity contribution in [3.8, 4) is 0 Å². The first kappa shape index (κ1) is 12.6. The van der Waals surface area contributed by atoms with Crippen LogP contribution in [0, 0.1) is 0 Å². The molecule has 0 aromatic heterocycles. The fourth-order valence-corrected chi connectivity index (χ4v) is 0. The van der Waals surface area contributed by atoms with Gasteiger partial charge in [0.15, 0.2) is 8.69 Å². The zero-order chi connectivity index (χ0) is 7.86. The van der Waals surface area contributed by atoms with Gasteiger partial charge >= 0.3 is 0 Å². The standard InChI is InChI=1S/H4O4P2.H3O2P/c1-5(2)6(3)4;1-3-2/h1-4H;3H2,(H,1,2). The minimum absolute atomic E-state index is 1.50. The Morgan fingerprint density at radius 3 is 1.11 bits per heavy atom. The summed E-state index contributed by atoms with van der Waals surface area (Å²) in [4.78, 5) is 38.2. The molecule has 0 aliphatic rings. The molecular formula is H7O6P3. The average molecular weight is 196 g/mol. The molecule has 58 valence electrons. The van der Waals surface area contributed by atoms with E-state index < -0.39 is 24.8 Å². The molecule has 0 spiro atoms. The third kappa shape index (κ3) is 17.6. The molecule has 0 radical (unpaired) electrons. The molecule has 0 bridgehead atoms. The Hall–Kier alpha value is 0.890. The molecule has 1 unspecified atom stereocenters. The van der Waals surface area contributed by atoms with Crippen molar-refractivity contribution in [1.82, 2.24) is 0 Å². The lowest BCUT2D eigenvalue weighted by Crippen LogP contribution is -1.63. The molecule has 0 amide bonds. The molecule has 0 fully saturated rings. The smallest absolute Gasteiger partial charge is 0.250 e. The lowest BCUT2D eigenvalue weighted by Gasteiger charge is -1.97. The Balaban J connectivity index is 0. The summed E-state index contributed by atoms with van der Waals surface area (Å²) in [6.07, 6.45) is 0. The molecule has 6 nitrogen and oxygen atoms in total. The maximum Gasteiger partial charge on any atom is 0.250 e. The second-order valence-electron chi connectivity index (χ2n) is 0.642. The minimum Gasteiger partial charge on any atom is -0.348 e. The lowest BCUT2D eigenvalue weighted by atomic mass is 15.9. The van der Waals surface area contributed by atoms with E-state index in [0.29, 0.717) is 0 Å². The van der Waals surface area contributed by atoms with Gasteiger partial charge in [-0.2, -0.15) is 0 Å². The fraction of sp³-hybridized carbons (Fsp3) is 0. The average Bonchev–Trinajstić information content (AvgIpc) is 1.68. The van der Waals surface area contributed by atoms with E-state index in [-0.39, 0.29) is 0 Å². The third-order valence-corrected chi connectivity index (χ3v) is 1.44. The highest BCUT2D eigenvalue weighted by Crippen LogP contribution is 2.56. The molecule has 0 aromatic carbocycles. The lowest BCUT2D eigenvalue weighted by molar-refractivity contribution is 0.457. The summed E-state index contributed by atoms with van der Waals surface area (Å²) < 4.78 is 8.57. The van der Waals surface area contributed by atoms with Crippen LogP contribution in [0.4, 0.5) is 0 Å². The highest BCUT2D eigenvalue weighted by Gasteiger charge is 2.08. The van der Waals surface area contributed by atoms with E-state index in [0.717, 1.165) is 0 Å². The van der Waals surface area contributed by atoms with Crippen LogP contribution in [0.3, 0.4) is 0 Å². The van der Waals surface area contributed by atoms with E-state index in [1.807, 2.05) is 0 Å². The Morgan fingerprint density at radius 2 is 1.11 bits per heavy atom. The van der Waals surface area contributed by atoms with Crippen LogP contribution in [0.15, 0.2) is 0 Å². The second-order valence-corrected chi connectivity index (χ2v) is 4.07. The summed E-state index contributed by atoms with van der Waals surface area (Å²) in [7, 11) is -6.47. The summed E-state index contributed by atoms with van der Waals surface area (Å²) in [6, 6.07) is 0. The number of hydrogen-bond acceptors (Lipinski definition) is 5. The van der Waals surface area contributed by atoms with Gasteiger partial charge in [-0.05, 0) is 0 Å². The summed E-state index contributed by atoms with van der Waals surface area (Å²) in [6.45, 7) is 0. The first-order chi connectivity index (χ1) is 4.06. The zero-order valence-corrected chi connectivity index (χ0v) is 7.06. The Kier molecular flexibility index (Phi) is 12.4. The van der Waals surface area contributed by atoms with Gasteiger partial charge in [-0.15, -0.1) is 0 Å². The van der Waals surface area contributed by atoms with Gasteiger partial charge in [0.25, 0.3) is 16.1 Å². The number of hydrogen-bond donors (Lipinski definition) is 5. The molecule has 0 rings (SSSR count). The molecule has 5 N–H and O–H groups in total. The van der Waals surface area contributed by atoms with E-state index in [1.165, 1.54) is 0 Å². The van der Waals surface area contributed by atoms with Crippen LogP contribution >= 0.6 is 24.8 Å². The first-order valence-corrected chi connectivity index (χ1v) is 5.68. The van der Waals surface area contributed by atoms with Gasteiger partial charge in [0.05, 0.1) is 0 Å². The third-order valence-electron chi connectivity index (χ3n) is 0.160. The van der Waals surface area contributed by atoms with Crippen LogP contribution in [0.1, 0.15) is 0 Å². The van der Waals surface area contributed by atoms with E-state index in [4.69, 9.17) is 29.0 Å². The quantitative estimate of drug-likeness (QED) is 0.348. The van der Waals surface area contributed by atoms with Crippen molar-refractivity contribution in [2.24, 2.45) is 0 Å². The molecule has 0 heterocycles. The van der Waals surface area contributed by atoms with E-state index in [2.05, 4.69) is 0 Å². The molecule has 9 heteroatoms. The SMILES string of the molecule is O=[PH2]O.OP(O)P(O)O. The van der Waals surface area contributed by atoms with Crippen molar-refractivity contribution in [3.63, 3.8) is 0 Å². The Morgan fingerprint density at radius 1 is 1.00 bits per heavy atom. The summed E-state index contributed by atoms with van der Waals surface area (Å²) >= 11 is 0. The van der Waals surface area contributed by atoms with Gasteiger partial charge in [-0.1, -0.05) is 0 Å². The van der Waals surface area contributed by atoms with Crippen LogP contribution in [-0.4, -0.2) is 24.5 Å². The van der Waals surface area contributed by atoms with Crippen molar-refractivity contribution < 1.29 is 29.0 Å². The molecule has 9 heavy (non-hydrogen) atoms. The summed E-state index contributed by atoms with van der Waals surface area (Å²) in [5.74, 6) is 0. The monoisotopic (exact) mass is 196 g/mol. The number of rotatable bonds is 1. The van der Waals surface area contributed by atoms with Crippen LogP contribution in [-0.2, 0) is 4.57 Å². The molecule has 0 saturated heterocycles. The van der Waals surface area contributed by atoms with E-state index >= 15 is 0 Å². The zero-order valence-electron chi connectivity index (χ0n) is 4.12. The van der Waals surface area contributed by atoms with E-state index in [1.54, 1.807) is 0 Å². The van der Waals surface area contributed by atoms with Gasteiger partial charge in [0.2, 0.25) is 0 Å². The fourth-order valence-electron chi connectivity index (χ4n) is 0. The Labute approximate surface area is 54.8 Å². The van der Waals surface area contributed by atoms with Crippen LogP contribution in [0.5, 0.6) is 0 Å². The first-order valence-electron chi connectivity index (χ1n) is 1.49. The van der Waals surface area contributed by atoms with Crippen LogP contribution in [0.2, 0.25) is 0 Å². The highest BCUT2D eigenvalue weighted by molar-refractivity contribution is 8.19. The van der Waals surface area contributed by atoms with Crippen molar-refractivity contribution >= 4 is 24.8 Å². The van der Waals surface area contributed by atoms with Gasteiger partial charge in [-0.25, -0.2) is 0 Å². The predicted octanol–water partition coefficient (Wildman–Crippen LogP) is -0.856. The molecule has 1 atom stereocenters. The normalized spacial score (nSPS) is 10.6. The molecular weight excluding hydrogens is 189 g/mol. The highest BCUT2D eigenvalue weighted by atomic mass is 32.1. The van der Waals surface area contributed by atoms with Crippen LogP contribution < -0.4 is 0 Å². The van der Waals surface area contributed by atoms with Crippen LogP contribution in [0.25, 0.3) is 0 Å². The molecule has 0 aliphatic carbocycles.